The van der Waals surface area contributed by atoms with Gasteiger partial charge in [-0.1, -0.05) is 6.07 Å². The third-order valence-electron chi connectivity index (χ3n) is 5.73. The molecule has 1 aliphatic carbocycles. The number of hydrogen-bond acceptors (Lipinski definition) is 6. The van der Waals surface area contributed by atoms with E-state index in [1.54, 1.807) is 11.8 Å². The van der Waals surface area contributed by atoms with Gasteiger partial charge < -0.3 is 20.1 Å². The summed E-state index contributed by atoms with van der Waals surface area (Å²) in [7, 11) is 0. The second-order valence-electron chi connectivity index (χ2n) is 9.64. The Hall–Kier alpha value is -2.81. The first-order chi connectivity index (χ1) is 16.2. The molecule has 34 heavy (non-hydrogen) atoms. The average Bonchev–Trinajstić information content (AvgIpc) is 3.23. The van der Waals surface area contributed by atoms with Crippen LogP contribution in [0.15, 0.2) is 35.4 Å². The monoisotopic (exact) mass is 487 g/mol. The van der Waals surface area contributed by atoms with Gasteiger partial charge in [0.25, 0.3) is 5.91 Å². The standard InChI is InChI=1S/C25H30FN3O4S/c1-25(2,3)33-24(31)29-18-7-5-17(6-8-18)28-22(30)20-12-16(26)14-27-23(20)32-19-9-4-15-10-11-34-21(15)13-19/h4,9,12-14,17-18H,5-8,10-11H2,1-3H3,(H,28,30)(H,29,31)/t17-,18+. The summed E-state index contributed by atoms with van der Waals surface area (Å²) in [6, 6.07) is 6.84. The van der Waals surface area contributed by atoms with Gasteiger partial charge in [0.05, 0.1) is 6.20 Å². The molecule has 1 saturated carbocycles. The molecule has 4 rings (SSSR count). The van der Waals surface area contributed by atoms with Gasteiger partial charge in [-0.2, -0.15) is 0 Å². The van der Waals surface area contributed by atoms with Crippen molar-refractivity contribution in [3.63, 3.8) is 0 Å². The van der Waals surface area contributed by atoms with Gasteiger partial charge in [0, 0.05) is 22.7 Å². The lowest BCUT2D eigenvalue weighted by Gasteiger charge is -2.30. The van der Waals surface area contributed by atoms with Gasteiger partial charge in [-0.15, -0.1) is 11.8 Å². The number of carbonyl (C=O) groups is 2. The van der Waals surface area contributed by atoms with E-state index < -0.39 is 23.4 Å². The van der Waals surface area contributed by atoms with E-state index in [0.29, 0.717) is 31.4 Å². The van der Waals surface area contributed by atoms with E-state index in [4.69, 9.17) is 9.47 Å². The number of benzene rings is 1. The highest BCUT2D eigenvalue weighted by atomic mass is 32.2. The number of carbonyl (C=O) groups excluding carboxylic acids is 2. The molecule has 2 N–H and O–H groups in total. The molecule has 7 nitrogen and oxygen atoms in total. The minimum absolute atomic E-state index is 0.00425. The Bertz CT molecular complexity index is 1060. The average molecular weight is 488 g/mol. The van der Waals surface area contributed by atoms with Crippen LogP contribution in [0.3, 0.4) is 0 Å². The number of nitrogens with one attached hydrogen (secondary N) is 2. The van der Waals surface area contributed by atoms with E-state index in [1.165, 1.54) is 5.56 Å². The minimum Gasteiger partial charge on any atom is -0.444 e. The molecule has 0 spiro atoms. The van der Waals surface area contributed by atoms with Crippen LogP contribution in [0.1, 0.15) is 62.4 Å². The highest BCUT2D eigenvalue weighted by Crippen LogP contribution is 2.35. The summed E-state index contributed by atoms with van der Waals surface area (Å²) < 4.78 is 25.1. The van der Waals surface area contributed by atoms with E-state index in [9.17, 15) is 14.0 Å². The lowest BCUT2D eigenvalue weighted by molar-refractivity contribution is 0.0488. The van der Waals surface area contributed by atoms with Crippen LogP contribution in [0.25, 0.3) is 0 Å². The third-order valence-corrected chi connectivity index (χ3v) is 6.83. The first kappa shape index (κ1) is 24.3. The van der Waals surface area contributed by atoms with Gasteiger partial charge in [0.1, 0.15) is 22.7 Å². The van der Waals surface area contributed by atoms with Crippen LogP contribution in [-0.2, 0) is 11.2 Å². The smallest absolute Gasteiger partial charge is 0.407 e. The fourth-order valence-corrected chi connectivity index (χ4v) is 5.21. The van der Waals surface area contributed by atoms with Crippen molar-refractivity contribution in [2.45, 2.75) is 75.5 Å². The number of fused-ring (bicyclic) bond motifs is 1. The maximum absolute atomic E-state index is 13.9. The van der Waals surface area contributed by atoms with Crippen LogP contribution in [0.4, 0.5) is 9.18 Å². The first-order valence-electron chi connectivity index (χ1n) is 11.6. The number of nitrogens with zero attached hydrogens (tertiary/aromatic N) is 1. The fourth-order valence-electron chi connectivity index (χ4n) is 4.11. The summed E-state index contributed by atoms with van der Waals surface area (Å²) in [4.78, 5) is 30.2. The largest absolute Gasteiger partial charge is 0.444 e. The molecule has 1 aromatic heterocycles. The number of rotatable bonds is 5. The summed E-state index contributed by atoms with van der Waals surface area (Å²) in [5.74, 6) is 0.641. The lowest BCUT2D eigenvalue weighted by atomic mass is 9.91. The summed E-state index contributed by atoms with van der Waals surface area (Å²) in [6.07, 6.45) is 4.43. The van der Waals surface area contributed by atoms with Gasteiger partial charge in [-0.3, -0.25) is 4.79 Å². The number of aromatic nitrogens is 1. The first-order valence-corrected chi connectivity index (χ1v) is 12.5. The van der Waals surface area contributed by atoms with Crippen molar-refractivity contribution >= 4 is 23.8 Å². The molecule has 1 aliphatic heterocycles. The Morgan fingerprint density at radius 3 is 2.50 bits per heavy atom. The molecule has 0 radical (unpaired) electrons. The molecule has 1 aromatic carbocycles. The van der Waals surface area contributed by atoms with E-state index >= 15 is 0 Å². The zero-order valence-electron chi connectivity index (χ0n) is 19.7. The molecule has 0 bridgehead atoms. The molecule has 0 saturated heterocycles. The topological polar surface area (TPSA) is 89.6 Å². The number of thioether (sulfide) groups is 1. The highest BCUT2D eigenvalue weighted by Gasteiger charge is 2.27. The minimum atomic E-state index is -0.604. The molecular weight excluding hydrogens is 457 g/mol. The summed E-state index contributed by atoms with van der Waals surface area (Å²) in [5, 5.41) is 5.86. The van der Waals surface area contributed by atoms with Crippen LogP contribution in [0.5, 0.6) is 11.6 Å². The third kappa shape index (κ3) is 6.40. The molecule has 182 valence electrons. The SMILES string of the molecule is CC(C)(C)OC(=O)N[C@H]1CC[C@@H](NC(=O)c2cc(F)cnc2Oc2ccc3c(c2)SCC3)CC1. The van der Waals surface area contributed by atoms with Crippen molar-refractivity contribution in [1.82, 2.24) is 15.6 Å². The quantitative estimate of drug-likeness (QED) is 0.601. The van der Waals surface area contributed by atoms with Crippen LogP contribution in [0, 0.1) is 5.82 Å². The Kier molecular flexibility index (Phi) is 7.30. The van der Waals surface area contributed by atoms with Gasteiger partial charge in [0.2, 0.25) is 5.88 Å². The number of amides is 2. The maximum Gasteiger partial charge on any atom is 0.407 e. The van der Waals surface area contributed by atoms with Crippen LogP contribution in [0.2, 0.25) is 0 Å². The molecule has 0 unspecified atom stereocenters. The zero-order chi connectivity index (χ0) is 24.3. The highest BCUT2D eigenvalue weighted by molar-refractivity contribution is 7.99. The van der Waals surface area contributed by atoms with Crippen molar-refractivity contribution in [2.24, 2.45) is 0 Å². The number of pyridine rings is 1. The van der Waals surface area contributed by atoms with Crippen molar-refractivity contribution < 1.29 is 23.5 Å². The Labute approximate surface area is 203 Å². The van der Waals surface area contributed by atoms with Crippen LogP contribution < -0.4 is 15.4 Å². The van der Waals surface area contributed by atoms with Crippen molar-refractivity contribution in [3.8, 4) is 11.6 Å². The fraction of sp³-hybridized carbons (Fsp3) is 0.480. The molecule has 2 aromatic rings. The summed E-state index contributed by atoms with van der Waals surface area (Å²) in [6.45, 7) is 5.46. The van der Waals surface area contributed by atoms with Crippen molar-refractivity contribution in [1.29, 1.82) is 0 Å². The molecule has 2 amide bonds. The summed E-state index contributed by atoms with van der Waals surface area (Å²) >= 11 is 1.76. The predicted molar refractivity (Wildman–Crippen MR) is 128 cm³/mol. The predicted octanol–water partition coefficient (Wildman–Crippen LogP) is 5.23. The Balaban J connectivity index is 1.35. The van der Waals surface area contributed by atoms with E-state index in [2.05, 4.69) is 15.6 Å². The van der Waals surface area contributed by atoms with Crippen LogP contribution in [-0.4, -0.2) is 40.4 Å². The van der Waals surface area contributed by atoms with Gasteiger partial charge in [-0.25, -0.2) is 14.2 Å². The number of halogens is 1. The zero-order valence-corrected chi connectivity index (χ0v) is 20.5. The number of aryl methyl sites for hydroxylation is 1. The van der Waals surface area contributed by atoms with Crippen LogP contribution >= 0.6 is 11.8 Å². The lowest BCUT2D eigenvalue weighted by Crippen LogP contribution is -2.45. The Morgan fingerprint density at radius 2 is 1.79 bits per heavy atom. The maximum atomic E-state index is 13.9. The Morgan fingerprint density at radius 1 is 1.09 bits per heavy atom. The molecular formula is C25H30FN3O4S. The second kappa shape index (κ2) is 10.2. The van der Waals surface area contributed by atoms with Gasteiger partial charge >= 0.3 is 6.09 Å². The number of alkyl carbamates (subject to hydrolysis) is 1. The van der Waals surface area contributed by atoms with Crippen molar-refractivity contribution in [3.05, 3.63) is 47.4 Å². The van der Waals surface area contributed by atoms with E-state index in [-0.39, 0.29) is 23.5 Å². The molecule has 9 heteroatoms. The molecule has 0 atom stereocenters. The van der Waals surface area contributed by atoms with E-state index in [0.717, 1.165) is 29.3 Å². The number of hydrogen-bond donors (Lipinski definition) is 2. The summed E-state index contributed by atoms with van der Waals surface area (Å²) in [5.41, 5.74) is 0.786. The number of ether oxygens (including phenoxy) is 2. The van der Waals surface area contributed by atoms with Gasteiger partial charge in [-0.05, 0) is 76.6 Å². The molecule has 2 heterocycles. The van der Waals surface area contributed by atoms with Gasteiger partial charge in [0.15, 0.2) is 0 Å². The van der Waals surface area contributed by atoms with E-state index in [1.807, 2.05) is 39.0 Å². The molecule has 1 fully saturated rings. The second-order valence-corrected chi connectivity index (χ2v) is 10.8. The normalized spacial score (nSPS) is 19.8. The molecule has 2 aliphatic rings. The van der Waals surface area contributed by atoms with Crippen molar-refractivity contribution in [2.75, 3.05) is 5.75 Å².